The van der Waals surface area contributed by atoms with E-state index in [-0.39, 0.29) is 0 Å². The zero-order chi connectivity index (χ0) is 10.6. The fourth-order valence-electron chi connectivity index (χ4n) is 1.11. The maximum absolute atomic E-state index is 9.29. The summed E-state index contributed by atoms with van der Waals surface area (Å²) in [4.78, 5) is 0. The number of benzene rings is 1. The van der Waals surface area contributed by atoms with E-state index in [0.717, 1.165) is 17.9 Å². The van der Waals surface area contributed by atoms with Crippen LogP contribution in [0.5, 0.6) is 5.75 Å². The van der Waals surface area contributed by atoms with Crippen molar-refractivity contribution in [3.05, 3.63) is 29.8 Å². The number of aliphatic hydroxyl groups excluding tert-OH is 1. The van der Waals surface area contributed by atoms with Gasteiger partial charge in [-0.2, -0.15) is 0 Å². The Morgan fingerprint density at radius 3 is 2.14 bits per heavy atom. The predicted octanol–water partition coefficient (Wildman–Crippen LogP) is 2.77. The average Bonchev–Trinajstić information content (AvgIpc) is 2.15. The van der Waals surface area contributed by atoms with Gasteiger partial charge >= 0.3 is 0 Å². The van der Waals surface area contributed by atoms with Crippen LogP contribution in [-0.2, 0) is 0 Å². The van der Waals surface area contributed by atoms with Crippen LogP contribution in [0.3, 0.4) is 0 Å². The van der Waals surface area contributed by atoms with E-state index in [9.17, 15) is 5.11 Å². The van der Waals surface area contributed by atoms with Gasteiger partial charge in [-0.25, -0.2) is 0 Å². The number of hydrogen-bond acceptors (Lipinski definition) is 2. The predicted molar refractivity (Wildman–Crippen MR) is 57.4 cm³/mol. The summed E-state index contributed by atoms with van der Waals surface area (Å²) in [6, 6.07) is 7.56. The minimum absolute atomic E-state index is 0.408. The molecule has 0 radical (unpaired) electrons. The molecule has 0 aliphatic carbocycles. The molecule has 0 saturated carbocycles. The lowest BCUT2D eigenvalue weighted by Crippen LogP contribution is -2.04. The molecule has 0 aliphatic heterocycles. The first-order valence-electron chi connectivity index (χ1n) is 5.00. The molecule has 2 nitrogen and oxygen atoms in total. The van der Waals surface area contributed by atoms with Crippen LogP contribution in [0.15, 0.2) is 24.3 Å². The first-order valence-corrected chi connectivity index (χ1v) is 5.00. The van der Waals surface area contributed by atoms with Crippen molar-refractivity contribution in [3.63, 3.8) is 0 Å². The molecule has 0 aliphatic rings. The highest BCUT2D eigenvalue weighted by Gasteiger charge is 2.01. The molecule has 1 aromatic rings. The molecule has 1 rings (SSSR count). The summed E-state index contributed by atoms with van der Waals surface area (Å²) in [5.74, 6) is 1.40. The molecule has 0 fully saturated rings. The van der Waals surface area contributed by atoms with Gasteiger partial charge in [0.05, 0.1) is 12.7 Å². The van der Waals surface area contributed by atoms with Gasteiger partial charge in [-0.3, -0.25) is 0 Å². The molecule has 0 aromatic heterocycles. The number of hydrogen-bond donors (Lipinski definition) is 1. The van der Waals surface area contributed by atoms with Crippen molar-refractivity contribution in [3.8, 4) is 5.75 Å². The largest absolute Gasteiger partial charge is 0.493 e. The molecule has 1 atom stereocenters. The van der Waals surface area contributed by atoms with E-state index in [1.165, 1.54) is 0 Å². The Kier molecular flexibility index (Phi) is 3.96. The van der Waals surface area contributed by atoms with Gasteiger partial charge in [0.2, 0.25) is 0 Å². The topological polar surface area (TPSA) is 29.5 Å². The van der Waals surface area contributed by atoms with Gasteiger partial charge in [0, 0.05) is 0 Å². The third-order valence-corrected chi connectivity index (χ3v) is 1.95. The van der Waals surface area contributed by atoms with E-state index in [1.807, 2.05) is 24.3 Å². The Morgan fingerprint density at radius 2 is 1.71 bits per heavy atom. The Labute approximate surface area is 85.5 Å². The smallest absolute Gasteiger partial charge is 0.119 e. The minimum Gasteiger partial charge on any atom is -0.493 e. The van der Waals surface area contributed by atoms with E-state index < -0.39 is 6.10 Å². The molecule has 14 heavy (non-hydrogen) atoms. The van der Waals surface area contributed by atoms with Crippen molar-refractivity contribution >= 4 is 0 Å². The summed E-state index contributed by atoms with van der Waals surface area (Å²) in [7, 11) is 0. The van der Waals surface area contributed by atoms with Crippen molar-refractivity contribution < 1.29 is 9.84 Å². The first-order chi connectivity index (χ1) is 6.59. The highest BCUT2D eigenvalue weighted by atomic mass is 16.5. The van der Waals surface area contributed by atoms with Crippen molar-refractivity contribution in [2.45, 2.75) is 26.9 Å². The third-order valence-electron chi connectivity index (χ3n) is 1.95. The summed E-state index contributed by atoms with van der Waals surface area (Å²) < 4.78 is 5.52. The molecule has 0 amide bonds. The van der Waals surface area contributed by atoms with Gasteiger partial charge in [-0.05, 0) is 30.5 Å². The van der Waals surface area contributed by atoms with Gasteiger partial charge in [0.15, 0.2) is 0 Å². The van der Waals surface area contributed by atoms with Crippen molar-refractivity contribution in [1.29, 1.82) is 0 Å². The molecular weight excluding hydrogens is 176 g/mol. The molecule has 0 bridgehead atoms. The molecule has 1 N–H and O–H groups in total. The Morgan fingerprint density at radius 1 is 1.14 bits per heavy atom. The van der Waals surface area contributed by atoms with E-state index >= 15 is 0 Å². The first kappa shape index (κ1) is 11.1. The van der Waals surface area contributed by atoms with Crippen LogP contribution in [0, 0.1) is 5.92 Å². The van der Waals surface area contributed by atoms with Crippen molar-refractivity contribution in [2.24, 2.45) is 5.92 Å². The fraction of sp³-hybridized carbons (Fsp3) is 0.500. The van der Waals surface area contributed by atoms with Gasteiger partial charge < -0.3 is 9.84 Å². The Balaban J connectivity index is 2.55. The lowest BCUT2D eigenvalue weighted by atomic mass is 10.1. The van der Waals surface area contributed by atoms with E-state index in [4.69, 9.17) is 4.74 Å². The van der Waals surface area contributed by atoms with Crippen molar-refractivity contribution in [2.75, 3.05) is 6.61 Å². The van der Waals surface area contributed by atoms with Crippen LogP contribution in [-0.4, -0.2) is 11.7 Å². The van der Waals surface area contributed by atoms with Gasteiger partial charge in [0.1, 0.15) is 5.75 Å². The molecule has 2 heteroatoms. The number of ether oxygens (including phenoxy) is 1. The van der Waals surface area contributed by atoms with Crippen LogP contribution in [0.2, 0.25) is 0 Å². The van der Waals surface area contributed by atoms with Crippen LogP contribution in [0.1, 0.15) is 32.4 Å². The third kappa shape index (κ3) is 3.38. The summed E-state index contributed by atoms with van der Waals surface area (Å²) in [6.07, 6.45) is -0.408. The maximum atomic E-state index is 9.29. The van der Waals surface area contributed by atoms with Gasteiger partial charge in [-0.15, -0.1) is 0 Å². The SMILES string of the molecule is CC(C)COc1ccc([C@H](C)O)cc1. The summed E-state index contributed by atoms with van der Waals surface area (Å²) in [5.41, 5.74) is 0.918. The quantitative estimate of drug-likeness (QED) is 0.798. The Hall–Kier alpha value is -1.02. The van der Waals surface area contributed by atoms with E-state index in [2.05, 4.69) is 13.8 Å². The summed E-state index contributed by atoms with van der Waals surface area (Å²) in [6.45, 7) is 6.71. The molecular formula is C12H18O2. The second-order valence-electron chi connectivity index (χ2n) is 3.95. The molecule has 1 aromatic carbocycles. The highest BCUT2D eigenvalue weighted by Crippen LogP contribution is 2.17. The molecule has 0 heterocycles. The zero-order valence-corrected chi connectivity index (χ0v) is 9.03. The van der Waals surface area contributed by atoms with Crippen LogP contribution >= 0.6 is 0 Å². The van der Waals surface area contributed by atoms with Crippen LogP contribution in [0.4, 0.5) is 0 Å². The second kappa shape index (κ2) is 5.01. The molecule has 0 unspecified atom stereocenters. The molecule has 0 spiro atoms. The van der Waals surface area contributed by atoms with E-state index in [0.29, 0.717) is 5.92 Å². The minimum atomic E-state index is -0.408. The van der Waals surface area contributed by atoms with Crippen LogP contribution in [0.25, 0.3) is 0 Å². The standard InChI is InChI=1S/C12H18O2/c1-9(2)8-14-12-6-4-11(5-7-12)10(3)13/h4-7,9-10,13H,8H2,1-3H3/t10-/m0/s1. The summed E-state index contributed by atoms with van der Waals surface area (Å²) >= 11 is 0. The maximum Gasteiger partial charge on any atom is 0.119 e. The highest BCUT2D eigenvalue weighted by molar-refractivity contribution is 5.28. The average molecular weight is 194 g/mol. The fourth-order valence-corrected chi connectivity index (χ4v) is 1.11. The zero-order valence-electron chi connectivity index (χ0n) is 9.03. The lowest BCUT2D eigenvalue weighted by molar-refractivity contribution is 0.199. The van der Waals surface area contributed by atoms with E-state index in [1.54, 1.807) is 6.92 Å². The van der Waals surface area contributed by atoms with Gasteiger partial charge in [0.25, 0.3) is 0 Å². The lowest BCUT2D eigenvalue weighted by Gasteiger charge is -2.09. The normalized spacial score (nSPS) is 12.9. The monoisotopic (exact) mass is 194 g/mol. The Bertz CT molecular complexity index is 262. The van der Waals surface area contributed by atoms with Crippen molar-refractivity contribution in [1.82, 2.24) is 0 Å². The number of rotatable bonds is 4. The summed E-state index contributed by atoms with van der Waals surface area (Å²) in [5, 5.41) is 9.29. The van der Waals surface area contributed by atoms with Crippen LogP contribution < -0.4 is 4.74 Å². The molecule has 0 saturated heterocycles. The number of aliphatic hydroxyl groups is 1. The second-order valence-corrected chi connectivity index (χ2v) is 3.95. The van der Waals surface area contributed by atoms with Gasteiger partial charge in [-0.1, -0.05) is 26.0 Å². The molecule has 78 valence electrons.